The largest absolute Gasteiger partial charge is 0.486 e. The molecule has 0 spiro atoms. The first kappa shape index (κ1) is 16.2. The summed E-state index contributed by atoms with van der Waals surface area (Å²) in [7, 11) is 0. The van der Waals surface area contributed by atoms with Gasteiger partial charge in [-0.05, 0) is 25.0 Å². The highest BCUT2D eigenvalue weighted by molar-refractivity contribution is 5.90. The number of amides is 2. The molecule has 0 fully saturated rings. The lowest BCUT2D eigenvalue weighted by molar-refractivity contribution is 0.170. The Morgan fingerprint density at radius 1 is 1.29 bits per heavy atom. The van der Waals surface area contributed by atoms with Crippen molar-refractivity contribution in [3.63, 3.8) is 0 Å². The lowest BCUT2D eigenvalue weighted by atomic mass is 10.1. The van der Waals surface area contributed by atoms with Crippen molar-refractivity contribution in [1.29, 1.82) is 0 Å². The summed E-state index contributed by atoms with van der Waals surface area (Å²) in [5.74, 6) is 2.20. The average Bonchev–Trinajstić information content (AvgIpc) is 2.95. The second kappa shape index (κ2) is 7.25. The fraction of sp³-hybridized carbons (Fsp3) is 0.412. The first-order valence-electron chi connectivity index (χ1n) is 8.06. The molecule has 2 aromatic rings. The fourth-order valence-corrected chi connectivity index (χ4v) is 2.62. The molecule has 2 amide bonds. The van der Waals surface area contributed by atoms with Gasteiger partial charge in [0.1, 0.15) is 24.6 Å². The van der Waals surface area contributed by atoms with E-state index in [1.54, 1.807) is 6.92 Å². The van der Waals surface area contributed by atoms with Gasteiger partial charge in [0.25, 0.3) is 0 Å². The predicted octanol–water partition coefficient (Wildman–Crippen LogP) is 2.68. The van der Waals surface area contributed by atoms with Gasteiger partial charge < -0.3 is 24.6 Å². The lowest BCUT2D eigenvalue weighted by Crippen LogP contribution is -2.31. The minimum absolute atomic E-state index is 0.280. The Morgan fingerprint density at radius 3 is 2.96 bits per heavy atom. The third-order valence-corrected chi connectivity index (χ3v) is 3.82. The molecule has 2 N–H and O–H groups in total. The number of para-hydroxylation sites is 1. The van der Waals surface area contributed by atoms with Crippen LogP contribution in [0.25, 0.3) is 0 Å². The highest BCUT2D eigenvalue weighted by Crippen LogP contribution is 2.33. The monoisotopic (exact) mass is 331 g/mol. The van der Waals surface area contributed by atoms with E-state index in [2.05, 4.69) is 15.8 Å². The van der Waals surface area contributed by atoms with E-state index in [1.165, 1.54) is 0 Å². The van der Waals surface area contributed by atoms with E-state index >= 15 is 0 Å². The molecule has 1 aromatic carbocycles. The molecule has 0 radical (unpaired) electrons. The van der Waals surface area contributed by atoms with Crippen LogP contribution in [0.15, 0.2) is 22.7 Å². The molecule has 0 saturated heterocycles. The van der Waals surface area contributed by atoms with E-state index in [-0.39, 0.29) is 6.03 Å². The zero-order valence-corrected chi connectivity index (χ0v) is 13.8. The molecule has 7 heteroatoms. The van der Waals surface area contributed by atoms with Gasteiger partial charge in [-0.25, -0.2) is 4.79 Å². The molecule has 0 saturated carbocycles. The van der Waals surface area contributed by atoms with Gasteiger partial charge in [0.15, 0.2) is 17.3 Å². The average molecular weight is 331 g/mol. The van der Waals surface area contributed by atoms with E-state index < -0.39 is 0 Å². The lowest BCUT2D eigenvalue weighted by Gasteiger charge is -2.21. The number of aromatic nitrogens is 1. The number of anilines is 1. The number of aryl methyl sites for hydroxylation is 2. The number of nitrogens with one attached hydrogen (secondary N) is 2. The number of nitrogens with zero attached hydrogens (tertiary/aromatic N) is 1. The van der Waals surface area contributed by atoms with E-state index in [9.17, 15) is 4.79 Å². The molecule has 0 aliphatic carbocycles. The van der Waals surface area contributed by atoms with Crippen molar-refractivity contribution < 1.29 is 18.8 Å². The Labute approximate surface area is 140 Å². The topological polar surface area (TPSA) is 85.6 Å². The number of fused-ring (bicyclic) bond motifs is 1. The standard InChI is InChI=1S/C17H21N3O4/c1-3-13-15(11(2)20-24-13)19-17(21)18-8-7-12-5-4-6-14-16(12)23-10-9-22-14/h4-6H,3,7-10H2,1-2H3,(H2,18,19,21). The Balaban J connectivity index is 1.55. The summed E-state index contributed by atoms with van der Waals surface area (Å²) in [5, 5.41) is 9.50. The van der Waals surface area contributed by atoms with E-state index in [1.807, 2.05) is 25.1 Å². The highest BCUT2D eigenvalue weighted by Gasteiger charge is 2.16. The number of carbonyl (C=O) groups excluding carboxylic acids is 1. The maximum absolute atomic E-state index is 12.1. The van der Waals surface area contributed by atoms with Crippen LogP contribution in [0, 0.1) is 6.92 Å². The molecule has 1 aliphatic rings. The van der Waals surface area contributed by atoms with Gasteiger partial charge in [-0.2, -0.15) is 0 Å². The predicted molar refractivity (Wildman–Crippen MR) is 88.8 cm³/mol. The Morgan fingerprint density at radius 2 is 2.12 bits per heavy atom. The number of carbonyl (C=O) groups is 1. The molecular weight excluding hydrogens is 310 g/mol. The number of benzene rings is 1. The molecule has 3 rings (SSSR count). The van der Waals surface area contributed by atoms with E-state index in [0.29, 0.717) is 49.7 Å². The van der Waals surface area contributed by atoms with Crippen LogP contribution in [0.2, 0.25) is 0 Å². The second-order valence-electron chi connectivity index (χ2n) is 5.49. The summed E-state index contributed by atoms with van der Waals surface area (Å²) >= 11 is 0. The van der Waals surface area contributed by atoms with Crippen molar-refractivity contribution in [2.45, 2.75) is 26.7 Å². The zero-order valence-electron chi connectivity index (χ0n) is 13.8. The van der Waals surface area contributed by atoms with Crippen LogP contribution >= 0.6 is 0 Å². The zero-order chi connectivity index (χ0) is 16.9. The van der Waals surface area contributed by atoms with Gasteiger partial charge in [-0.15, -0.1) is 0 Å². The van der Waals surface area contributed by atoms with E-state index in [4.69, 9.17) is 14.0 Å². The quantitative estimate of drug-likeness (QED) is 0.880. The van der Waals surface area contributed by atoms with Crippen LogP contribution in [0.4, 0.5) is 10.5 Å². The Bertz CT molecular complexity index is 727. The molecular formula is C17H21N3O4. The Hall–Kier alpha value is -2.70. The fourth-order valence-electron chi connectivity index (χ4n) is 2.62. The summed E-state index contributed by atoms with van der Waals surface area (Å²) in [6, 6.07) is 5.51. The first-order valence-corrected chi connectivity index (χ1v) is 8.06. The smallest absolute Gasteiger partial charge is 0.319 e. The molecule has 24 heavy (non-hydrogen) atoms. The molecule has 0 bridgehead atoms. The minimum Gasteiger partial charge on any atom is -0.486 e. The molecule has 128 valence electrons. The number of hydrogen-bond acceptors (Lipinski definition) is 5. The molecule has 1 aromatic heterocycles. The van der Waals surface area contributed by atoms with Crippen LogP contribution in [0.5, 0.6) is 11.5 Å². The summed E-state index contributed by atoms with van der Waals surface area (Å²) < 4.78 is 16.4. The van der Waals surface area contributed by atoms with Crippen LogP contribution in [0.3, 0.4) is 0 Å². The molecule has 1 aliphatic heterocycles. The van der Waals surface area contributed by atoms with Gasteiger partial charge in [0.2, 0.25) is 0 Å². The molecule has 7 nitrogen and oxygen atoms in total. The van der Waals surface area contributed by atoms with Crippen LogP contribution < -0.4 is 20.1 Å². The maximum Gasteiger partial charge on any atom is 0.319 e. The summed E-state index contributed by atoms with van der Waals surface area (Å²) in [4.78, 5) is 12.1. The SMILES string of the molecule is CCc1onc(C)c1NC(=O)NCCc1cccc2c1OCCO2. The Kier molecular flexibility index (Phi) is 4.88. The van der Waals surface area contributed by atoms with Crippen LogP contribution in [0.1, 0.15) is 23.9 Å². The summed E-state index contributed by atoms with van der Waals surface area (Å²) in [6.07, 6.45) is 1.33. The van der Waals surface area contributed by atoms with Gasteiger partial charge in [-0.1, -0.05) is 24.2 Å². The number of ether oxygens (including phenoxy) is 2. The van der Waals surface area contributed by atoms with E-state index in [0.717, 1.165) is 17.1 Å². The number of rotatable bonds is 5. The van der Waals surface area contributed by atoms with Crippen molar-refractivity contribution in [2.24, 2.45) is 0 Å². The normalized spacial score (nSPS) is 12.8. The minimum atomic E-state index is -0.280. The van der Waals surface area contributed by atoms with Gasteiger partial charge in [-0.3, -0.25) is 0 Å². The van der Waals surface area contributed by atoms with Crippen molar-refractivity contribution in [1.82, 2.24) is 10.5 Å². The molecule has 0 atom stereocenters. The van der Waals surface area contributed by atoms with Gasteiger partial charge in [0, 0.05) is 13.0 Å². The van der Waals surface area contributed by atoms with Gasteiger partial charge >= 0.3 is 6.03 Å². The second-order valence-corrected chi connectivity index (χ2v) is 5.49. The van der Waals surface area contributed by atoms with Gasteiger partial charge in [0.05, 0.1) is 0 Å². The molecule has 0 unspecified atom stereocenters. The van der Waals surface area contributed by atoms with Crippen molar-refractivity contribution >= 4 is 11.7 Å². The highest BCUT2D eigenvalue weighted by atomic mass is 16.6. The third-order valence-electron chi connectivity index (χ3n) is 3.82. The van der Waals surface area contributed by atoms with Crippen molar-refractivity contribution in [3.8, 4) is 11.5 Å². The van der Waals surface area contributed by atoms with Crippen LogP contribution in [-0.4, -0.2) is 30.9 Å². The maximum atomic E-state index is 12.1. The third kappa shape index (κ3) is 3.45. The first-order chi connectivity index (χ1) is 11.7. The van der Waals surface area contributed by atoms with Crippen molar-refractivity contribution in [3.05, 3.63) is 35.2 Å². The summed E-state index contributed by atoms with van der Waals surface area (Å²) in [5.41, 5.74) is 2.33. The van der Waals surface area contributed by atoms with Crippen molar-refractivity contribution in [2.75, 3.05) is 25.1 Å². The summed E-state index contributed by atoms with van der Waals surface area (Å²) in [6.45, 7) is 5.34. The number of urea groups is 1. The number of hydrogen-bond donors (Lipinski definition) is 2. The van der Waals surface area contributed by atoms with Crippen LogP contribution in [-0.2, 0) is 12.8 Å². The molecule has 2 heterocycles.